The van der Waals surface area contributed by atoms with E-state index < -0.39 is 42.4 Å². The van der Waals surface area contributed by atoms with Crippen molar-refractivity contribution < 1.29 is 29.4 Å². The first-order chi connectivity index (χ1) is 11.8. The van der Waals surface area contributed by atoms with Crippen LogP contribution in [0.25, 0.3) is 0 Å². The molecule has 12 heteroatoms. The van der Waals surface area contributed by atoms with Gasteiger partial charge < -0.3 is 32.0 Å². The number of rotatable bonds is 9. The van der Waals surface area contributed by atoms with Crippen molar-refractivity contribution >= 4 is 36.4 Å². The molecule has 0 bridgehead atoms. The number of nitrogens with one attached hydrogen (secondary N) is 4. The number of amides is 2. The van der Waals surface area contributed by atoms with Crippen LogP contribution < -0.4 is 27.2 Å². The Morgan fingerprint density at radius 1 is 1.28 bits per heavy atom. The van der Waals surface area contributed by atoms with E-state index in [2.05, 4.69) is 34.1 Å². The van der Waals surface area contributed by atoms with Gasteiger partial charge in [-0.25, -0.2) is 5.43 Å². The fraction of sp³-hybridized carbons (Fsp3) is 0.538. The maximum atomic E-state index is 11.5. The Hall–Kier alpha value is -2.31. The Labute approximate surface area is 149 Å². The molecule has 0 aromatic carbocycles. The van der Waals surface area contributed by atoms with Crippen LogP contribution in [0.5, 0.6) is 0 Å². The van der Waals surface area contributed by atoms with Crippen LogP contribution in [0.3, 0.4) is 0 Å². The second kappa shape index (κ2) is 13.0. The maximum Gasteiger partial charge on any atom is 0.322 e. The van der Waals surface area contributed by atoms with Crippen LogP contribution in [0.4, 0.5) is 0 Å². The van der Waals surface area contributed by atoms with Gasteiger partial charge in [0.1, 0.15) is 18.6 Å². The molecule has 2 unspecified atom stereocenters. The molecule has 8 N–H and O–H groups in total. The number of carboxylic acids is 2. The number of carbonyl (C=O) groups excluding carboxylic acids is 2. The topological polar surface area (TPSA) is 183 Å². The zero-order chi connectivity index (χ0) is 19.2. The monoisotopic (exact) mass is 377 g/mol. The van der Waals surface area contributed by atoms with Crippen molar-refractivity contribution in [1.29, 1.82) is 0 Å². The van der Waals surface area contributed by atoms with Crippen LogP contribution in [0.15, 0.2) is 12.3 Å². The molecule has 0 fully saturated rings. The van der Waals surface area contributed by atoms with E-state index in [1.54, 1.807) is 0 Å². The second-order valence-electron chi connectivity index (χ2n) is 4.83. The van der Waals surface area contributed by atoms with Crippen LogP contribution >= 0.6 is 12.6 Å². The lowest BCUT2D eigenvalue weighted by Gasteiger charge is -2.16. The van der Waals surface area contributed by atoms with Gasteiger partial charge in [-0.1, -0.05) is 6.08 Å². The number of aliphatic carboxylic acids is 2. The molecule has 25 heavy (non-hydrogen) atoms. The Morgan fingerprint density at radius 2 is 1.96 bits per heavy atom. The van der Waals surface area contributed by atoms with E-state index in [4.69, 9.17) is 15.9 Å². The molecule has 0 aromatic heterocycles. The first-order valence-corrected chi connectivity index (χ1v) is 7.92. The van der Waals surface area contributed by atoms with Crippen molar-refractivity contribution in [2.45, 2.75) is 24.9 Å². The standard InChI is InChI=1S/C10H17N3O6S.C3H6N2/c11-5(10(18)19)1-2-7(14)13-6(4-20)9(17)12-3-8(15)16;1-2-4-5-3-1/h5-6,20H,1-4,11H2,(H,12,17)(H,13,14)(H,15,16)(H,18,19);1-2,4-5H,3H2. The van der Waals surface area contributed by atoms with E-state index in [0.717, 1.165) is 6.54 Å². The molecule has 0 aromatic rings. The minimum atomic E-state index is -1.22. The summed E-state index contributed by atoms with van der Waals surface area (Å²) in [5.74, 6) is -3.70. The summed E-state index contributed by atoms with van der Waals surface area (Å²) in [4.78, 5) is 43.7. The fourth-order valence-electron chi connectivity index (χ4n) is 1.45. The van der Waals surface area contributed by atoms with Gasteiger partial charge in [0.25, 0.3) is 0 Å². The molecule has 2 amide bonds. The van der Waals surface area contributed by atoms with E-state index in [1.807, 2.05) is 12.3 Å². The summed E-state index contributed by atoms with van der Waals surface area (Å²) < 4.78 is 0. The summed E-state index contributed by atoms with van der Waals surface area (Å²) in [5.41, 5.74) is 10.9. The van der Waals surface area contributed by atoms with Gasteiger partial charge in [0.2, 0.25) is 11.8 Å². The number of hydrogen-bond donors (Lipinski definition) is 8. The first kappa shape index (κ1) is 22.7. The van der Waals surface area contributed by atoms with Gasteiger partial charge in [-0.3, -0.25) is 19.2 Å². The molecule has 0 aliphatic carbocycles. The van der Waals surface area contributed by atoms with Gasteiger partial charge in [-0.15, -0.1) is 0 Å². The second-order valence-corrected chi connectivity index (χ2v) is 5.19. The molecule has 1 aliphatic rings. The minimum absolute atomic E-state index is 0.0256. The van der Waals surface area contributed by atoms with Gasteiger partial charge in [-0.2, -0.15) is 12.6 Å². The summed E-state index contributed by atoms with van der Waals surface area (Å²) >= 11 is 3.87. The van der Waals surface area contributed by atoms with Crippen LogP contribution in [-0.4, -0.2) is 64.9 Å². The van der Waals surface area contributed by atoms with Crippen molar-refractivity contribution in [2.75, 3.05) is 18.8 Å². The third-order valence-electron chi connectivity index (χ3n) is 2.77. The van der Waals surface area contributed by atoms with E-state index in [1.165, 1.54) is 0 Å². The number of hydrogen-bond acceptors (Lipinski definition) is 8. The molecule has 1 heterocycles. The maximum absolute atomic E-state index is 11.5. The third kappa shape index (κ3) is 11.8. The Morgan fingerprint density at radius 3 is 2.36 bits per heavy atom. The molecule has 0 spiro atoms. The normalized spacial score (nSPS) is 14.3. The van der Waals surface area contributed by atoms with Crippen molar-refractivity contribution in [3.8, 4) is 0 Å². The summed E-state index contributed by atoms with van der Waals surface area (Å²) in [5, 5.41) is 21.4. The van der Waals surface area contributed by atoms with E-state index in [9.17, 15) is 19.2 Å². The highest BCUT2D eigenvalue weighted by molar-refractivity contribution is 7.80. The molecular weight excluding hydrogens is 354 g/mol. The van der Waals surface area contributed by atoms with Crippen LogP contribution in [0.1, 0.15) is 12.8 Å². The van der Waals surface area contributed by atoms with Crippen LogP contribution in [0.2, 0.25) is 0 Å². The average molecular weight is 377 g/mol. The fourth-order valence-corrected chi connectivity index (χ4v) is 1.71. The number of carboxylic acid groups (broad SMARTS) is 2. The molecule has 2 atom stereocenters. The smallest absolute Gasteiger partial charge is 0.322 e. The van der Waals surface area contributed by atoms with E-state index >= 15 is 0 Å². The summed E-state index contributed by atoms with van der Waals surface area (Å²) in [6.45, 7) is 0.392. The largest absolute Gasteiger partial charge is 0.480 e. The molecule has 1 rings (SSSR count). The molecule has 0 radical (unpaired) electrons. The number of thiol groups is 1. The summed E-state index contributed by atoms with van der Waals surface area (Å²) in [7, 11) is 0. The van der Waals surface area contributed by atoms with Gasteiger partial charge in [-0.05, 0) is 6.42 Å². The molecular formula is C13H23N5O6S. The van der Waals surface area contributed by atoms with Crippen molar-refractivity contribution in [3.05, 3.63) is 12.3 Å². The lowest BCUT2D eigenvalue weighted by molar-refractivity contribution is -0.139. The van der Waals surface area contributed by atoms with E-state index in [0.29, 0.717) is 0 Å². The lowest BCUT2D eigenvalue weighted by Crippen LogP contribution is -2.49. The number of carbonyl (C=O) groups is 4. The molecule has 142 valence electrons. The highest BCUT2D eigenvalue weighted by Gasteiger charge is 2.20. The lowest BCUT2D eigenvalue weighted by atomic mass is 10.1. The SMILES string of the molecule is C1=CNNC1.NC(CCC(=O)NC(CS)C(=O)NCC(=O)O)C(=O)O. The Balaban J connectivity index is 0.000000972. The highest BCUT2D eigenvalue weighted by Crippen LogP contribution is 1.97. The van der Waals surface area contributed by atoms with Crippen molar-refractivity contribution in [2.24, 2.45) is 5.73 Å². The van der Waals surface area contributed by atoms with Crippen LogP contribution in [-0.2, 0) is 19.2 Å². The minimum Gasteiger partial charge on any atom is -0.480 e. The molecule has 0 saturated carbocycles. The number of nitrogens with two attached hydrogens (primary N) is 1. The third-order valence-corrected chi connectivity index (χ3v) is 3.14. The predicted octanol–water partition coefficient (Wildman–Crippen LogP) is -2.60. The van der Waals surface area contributed by atoms with Crippen molar-refractivity contribution in [1.82, 2.24) is 21.5 Å². The molecule has 0 saturated heterocycles. The zero-order valence-corrected chi connectivity index (χ0v) is 14.3. The zero-order valence-electron chi connectivity index (χ0n) is 13.4. The predicted molar refractivity (Wildman–Crippen MR) is 91.6 cm³/mol. The Kier molecular flexibility index (Phi) is 11.8. The molecule has 1 aliphatic heterocycles. The quantitative estimate of drug-likeness (QED) is 0.200. The Bertz CT molecular complexity index is 495. The van der Waals surface area contributed by atoms with Gasteiger partial charge in [0.05, 0.1) is 0 Å². The molecule has 11 nitrogen and oxygen atoms in total. The summed E-state index contributed by atoms with van der Waals surface area (Å²) in [6.07, 6.45) is 3.65. The van der Waals surface area contributed by atoms with Crippen molar-refractivity contribution in [3.63, 3.8) is 0 Å². The van der Waals surface area contributed by atoms with Crippen LogP contribution in [0, 0.1) is 0 Å². The highest BCUT2D eigenvalue weighted by atomic mass is 32.1. The van der Waals surface area contributed by atoms with Gasteiger partial charge in [0, 0.05) is 24.9 Å². The van der Waals surface area contributed by atoms with Gasteiger partial charge >= 0.3 is 11.9 Å². The number of hydrazine groups is 1. The first-order valence-electron chi connectivity index (χ1n) is 7.29. The average Bonchev–Trinajstić information content (AvgIpc) is 3.14. The summed E-state index contributed by atoms with van der Waals surface area (Å²) in [6, 6.07) is -2.15. The van der Waals surface area contributed by atoms with E-state index in [-0.39, 0.29) is 18.6 Å². The van der Waals surface area contributed by atoms with Gasteiger partial charge in [0.15, 0.2) is 0 Å².